The minimum atomic E-state index is -5.36. The fourth-order valence-corrected chi connectivity index (χ4v) is 4.04. The van der Waals surface area contributed by atoms with Gasteiger partial charge < -0.3 is 5.32 Å². The van der Waals surface area contributed by atoms with Crippen LogP contribution in [0.25, 0.3) is 10.9 Å². The zero-order valence-corrected chi connectivity index (χ0v) is 15.0. The maximum absolute atomic E-state index is 12.8. The summed E-state index contributed by atoms with van der Waals surface area (Å²) in [5.74, 6) is 0. The number of anilines is 1. The molecule has 0 saturated carbocycles. The minimum absolute atomic E-state index is 0.122. The van der Waals surface area contributed by atoms with Crippen molar-refractivity contribution in [3.8, 4) is 0 Å². The van der Waals surface area contributed by atoms with E-state index in [1.54, 1.807) is 6.07 Å². The molecule has 1 N–H and O–H groups in total. The molecule has 0 bridgehead atoms. The first-order valence-electron chi connectivity index (χ1n) is 8.18. The van der Waals surface area contributed by atoms with E-state index in [-0.39, 0.29) is 37.5 Å². The van der Waals surface area contributed by atoms with Crippen LogP contribution in [0.4, 0.5) is 32.0 Å². The van der Waals surface area contributed by atoms with Gasteiger partial charge in [0.25, 0.3) is 0 Å². The number of rotatable bonds is 3. The third-order valence-electron chi connectivity index (χ3n) is 4.52. The predicted octanol–water partition coefficient (Wildman–Crippen LogP) is 3.98. The van der Waals surface area contributed by atoms with Crippen LogP contribution in [0.2, 0.25) is 0 Å². The van der Waals surface area contributed by atoms with Gasteiger partial charge >= 0.3 is 21.7 Å². The van der Waals surface area contributed by atoms with Gasteiger partial charge in [0.2, 0.25) is 0 Å². The molecule has 1 aromatic heterocycles. The average molecular weight is 427 g/mol. The second-order valence-corrected chi connectivity index (χ2v) is 8.29. The smallest absolute Gasteiger partial charge is 0.382 e. The third-order valence-corrected chi connectivity index (χ3v) is 6.15. The second kappa shape index (κ2) is 7.07. The molecule has 28 heavy (non-hydrogen) atoms. The van der Waals surface area contributed by atoms with E-state index in [1.807, 2.05) is 0 Å². The standard InChI is InChI=1S/C16H15F6N3O2S/c17-15(18,19)10-1-2-12-13(3-6-23-14(12)9-10)24-11-4-7-25(8-5-11)28(26,27)16(20,21)22/h1-3,6,9,11H,4-5,7-8H2,(H,23,24). The van der Waals surface area contributed by atoms with Crippen molar-refractivity contribution in [2.75, 3.05) is 18.4 Å². The van der Waals surface area contributed by atoms with Crippen LogP contribution in [-0.4, -0.2) is 42.3 Å². The van der Waals surface area contributed by atoms with Crippen LogP contribution < -0.4 is 5.32 Å². The first-order chi connectivity index (χ1) is 12.9. The first-order valence-corrected chi connectivity index (χ1v) is 9.62. The fraction of sp³-hybridized carbons (Fsp3) is 0.438. The SMILES string of the molecule is O=S(=O)(N1CCC(Nc2ccnc3cc(C(F)(F)F)ccc23)CC1)C(F)(F)F. The summed E-state index contributed by atoms with van der Waals surface area (Å²) in [6.45, 7) is -0.610. The third kappa shape index (κ3) is 4.02. The minimum Gasteiger partial charge on any atom is -0.382 e. The van der Waals surface area contributed by atoms with Crippen molar-refractivity contribution in [2.45, 2.75) is 30.6 Å². The topological polar surface area (TPSA) is 62.3 Å². The molecule has 3 rings (SSSR count). The summed E-state index contributed by atoms with van der Waals surface area (Å²) < 4.78 is 99.6. The summed E-state index contributed by atoms with van der Waals surface area (Å²) >= 11 is 0. The Kier molecular flexibility index (Phi) is 5.21. The summed E-state index contributed by atoms with van der Waals surface area (Å²) in [5.41, 5.74) is -5.58. The molecule has 0 aliphatic carbocycles. The largest absolute Gasteiger partial charge is 0.511 e. The van der Waals surface area contributed by atoms with Crippen LogP contribution in [-0.2, 0) is 16.2 Å². The maximum Gasteiger partial charge on any atom is 0.511 e. The monoisotopic (exact) mass is 427 g/mol. The first kappa shape index (κ1) is 20.6. The Morgan fingerprint density at radius 1 is 1.04 bits per heavy atom. The summed E-state index contributed by atoms with van der Waals surface area (Å²) in [5, 5.41) is 3.50. The molecule has 2 aromatic rings. The number of pyridine rings is 1. The number of aromatic nitrogens is 1. The molecule has 1 saturated heterocycles. The van der Waals surface area contributed by atoms with E-state index >= 15 is 0 Å². The lowest BCUT2D eigenvalue weighted by atomic mass is 10.0. The van der Waals surface area contributed by atoms with Gasteiger partial charge in [-0.15, -0.1) is 0 Å². The normalized spacial score (nSPS) is 17.8. The second-order valence-electron chi connectivity index (χ2n) is 6.36. The summed E-state index contributed by atoms with van der Waals surface area (Å²) in [6.07, 6.45) is -2.93. The van der Waals surface area contributed by atoms with E-state index in [0.717, 1.165) is 12.1 Å². The lowest BCUT2D eigenvalue weighted by Crippen LogP contribution is -2.47. The molecule has 0 amide bonds. The highest BCUT2D eigenvalue weighted by Gasteiger charge is 2.50. The van der Waals surface area contributed by atoms with Crippen molar-refractivity contribution < 1.29 is 34.8 Å². The van der Waals surface area contributed by atoms with Crippen LogP contribution in [0.1, 0.15) is 18.4 Å². The van der Waals surface area contributed by atoms with Crippen LogP contribution in [0.3, 0.4) is 0 Å². The molecule has 1 fully saturated rings. The van der Waals surface area contributed by atoms with Crippen LogP contribution in [0, 0.1) is 0 Å². The molecule has 0 unspecified atom stereocenters. The fourth-order valence-electron chi connectivity index (χ4n) is 3.06. The number of nitrogens with zero attached hydrogens (tertiary/aromatic N) is 2. The Hall–Kier alpha value is -2.08. The van der Waals surface area contributed by atoms with Gasteiger partial charge in [-0.3, -0.25) is 4.98 Å². The zero-order valence-electron chi connectivity index (χ0n) is 14.2. The van der Waals surface area contributed by atoms with Crippen molar-refractivity contribution in [1.82, 2.24) is 9.29 Å². The van der Waals surface area contributed by atoms with Crippen LogP contribution in [0.15, 0.2) is 30.5 Å². The van der Waals surface area contributed by atoms with Gasteiger partial charge in [-0.2, -0.15) is 30.6 Å². The van der Waals surface area contributed by atoms with E-state index in [0.29, 0.717) is 15.4 Å². The predicted molar refractivity (Wildman–Crippen MR) is 89.9 cm³/mol. The number of piperidine rings is 1. The molecule has 1 aliphatic heterocycles. The van der Waals surface area contributed by atoms with Crippen molar-refractivity contribution in [3.05, 3.63) is 36.0 Å². The van der Waals surface area contributed by atoms with Crippen molar-refractivity contribution in [3.63, 3.8) is 0 Å². The van der Waals surface area contributed by atoms with E-state index in [2.05, 4.69) is 10.3 Å². The molecular formula is C16H15F6N3O2S. The number of alkyl halides is 6. The lowest BCUT2D eigenvalue weighted by Gasteiger charge is -2.32. The van der Waals surface area contributed by atoms with Gasteiger partial charge in [0.15, 0.2) is 0 Å². The highest BCUT2D eigenvalue weighted by Crippen LogP contribution is 2.34. The molecule has 154 valence electrons. The Morgan fingerprint density at radius 2 is 1.68 bits per heavy atom. The van der Waals surface area contributed by atoms with Gasteiger partial charge in [0.1, 0.15) is 0 Å². The Balaban J connectivity index is 1.74. The van der Waals surface area contributed by atoms with Gasteiger partial charge in [-0.05, 0) is 31.0 Å². The maximum atomic E-state index is 12.8. The van der Waals surface area contributed by atoms with Crippen LogP contribution in [0.5, 0.6) is 0 Å². The Bertz CT molecular complexity index is 966. The van der Waals surface area contributed by atoms with Crippen molar-refractivity contribution in [2.24, 2.45) is 0 Å². The molecule has 0 spiro atoms. The number of hydrogen-bond donors (Lipinski definition) is 1. The molecule has 0 radical (unpaired) electrons. The van der Waals surface area contributed by atoms with E-state index in [1.165, 1.54) is 12.3 Å². The summed E-state index contributed by atoms with van der Waals surface area (Å²) in [6, 6.07) is 4.34. The quantitative estimate of drug-likeness (QED) is 0.753. The molecule has 12 heteroatoms. The van der Waals surface area contributed by atoms with Gasteiger partial charge in [0, 0.05) is 36.4 Å². The molecule has 1 aliphatic rings. The van der Waals surface area contributed by atoms with Gasteiger partial charge in [-0.25, -0.2) is 8.42 Å². The Labute approximate surface area is 156 Å². The highest BCUT2D eigenvalue weighted by molar-refractivity contribution is 7.90. The summed E-state index contributed by atoms with van der Waals surface area (Å²) in [7, 11) is -5.36. The number of nitrogens with one attached hydrogen (secondary N) is 1. The average Bonchev–Trinajstić information content (AvgIpc) is 2.60. The molecule has 1 aromatic carbocycles. The number of fused-ring (bicyclic) bond motifs is 1. The van der Waals surface area contributed by atoms with Gasteiger partial charge in [0.05, 0.1) is 11.1 Å². The number of sulfonamides is 1. The van der Waals surface area contributed by atoms with E-state index < -0.39 is 27.3 Å². The van der Waals surface area contributed by atoms with Crippen molar-refractivity contribution >= 4 is 26.6 Å². The Morgan fingerprint density at radius 3 is 2.25 bits per heavy atom. The van der Waals surface area contributed by atoms with Crippen molar-refractivity contribution in [1.29, 1.82) is 0 Å². The molecule has 5 nitrogen and oxygen atoms in total. The highest BCUT2D eigenvalue weighted by atomic mass is 32.2. The molecule has 0 atom stereocenters. The summed E-state index contributed by atoms with van der Waals surface area (Å²) in [4.78, 5) is 3.93. The van der Waals surface area contributed by atoms with E-state index in [9.17, 15) is 34.8 Å². The van der Waals surface area contributed by atoms with Crippen LogP contribution >= 0.6 is 0 Å². The number of benzene rings is 1. The lowest BCUT2D eigenvalue weighted by molar-refractivity contribution is -0.137. The number of hydrogen-bond acceptors (Lipinski definition) is 4. The molecule has 2 heterocycles. The van der Waals surface area contributed by atoms with E-state index in [4.69, 9.17) is 0 Å². The zero-order chi connectivity index (χ0) is 20.7. The molecular weight excluding hydrogens is 412 g/mol. The number of halogens is 6. The van der Waals surface area contributed by atoms with Gasteiger partial charge in [-0.1, -0.05) is 6.07 Å².